The summed E-state index contributed by atoms with van der Waals surface area (Å²) in [6.07, 6.45) is -0.186. The number of nitrogens with two attached hydrogens (primary N) is 1. The highest BCUT2D eigenvalue weighted by Crippen LogP contribution is 2.14. The molecule has 0 aliphatic carbocycles. The van der Waals surface area contributed by atoms with E-state index in [4.69, 9.17) is 10.5 Å². The lowest BCUT2D eigenvalue weighted by molar-refractivity contribution is 0.0180. The minimum Gasteiger partial charge on any atom is -0.375 e. The van der Waals surface area contributed by atoms with E-state index < -0.39 is 13.0 Å². The van der Waals surface area contributed by atoms with Gasteiger partial charge in [-0.1, -0.05) is 0 Å². The molecule has 1 aliphatic rings. The summed E-state index contributed by atoms with van der Waals surface area (Å²) in [5, 5.41) is 8.10. The van der Waals surface area contributed by atoms with Crippen LogP contribution >= 0.6 is 0 Å². The Hall–Kier alpha value is -1.08. The predicted molar refractivity (Wildman–Crippen MR) is 56.8 cm³/mol. The van der Waals surface area contributed by atoms with E-state index in [1.54, 1.807) is 0 Å². The van der Waals surface area contributed by atoms with Gasteiger partial charge in [-0.2, -0.15) is 0 Å². The summed E-state index contributed by atoms with van der Waals surface area (Å²) in [6.45, 7) is 0.407. The average molecular weight is 246 g/mol. The second-order valence-corrected chi connectivity index (χ2v) is 4.16. The minimum absolute atomic E-state index is 0.124. The van der Waals surface area contributed by atoms with Crippen LogP contribution in [0.1, 0.15) is 18.1 Å². The number of hydrogen-bond acceptors (Lipinski definition) is 4. The van der Waals surface area contributed by atoms with Crippen molar-refractivity contribution in [3.63, 3.8) is 0 Å². The zero-order valence-electron chi connectivity index (χ0n) is 9.48. The first-order valence-corrected chi connectivity index (χ1v) is 5.69. The molecule has 17 heavy (non-hydrogen) atoms. The maximum absolute atomic E-state index is 11.9. The number of nitrogens with zero attached hydrogens (tertiary/aromatic N) is 3. The molecule has 5 nitrogen and oxygen atoms in total. The Morgan fingerprint density at radius 3 is 3.06 bits per heavy atom. The molecule has 0 bridgehead atoms. The molecule has 1 unspecified atom stereocenters. The van der Waals surface area contributed by atoms with Crippen LogP contribution in [-0.4, -0.2) is 40.4 Å². The number of rotatable bonds is 5. The second kappa shape index (κ2) is 5.50. The van der Waals surface area contributed by atoms with E-state index in [0.29, 0.717) is 13.0 Å². The SMILES string of the molecule is NC1CCc2nnc(CCOCC(F)F)n2C1. The summed E-state index contributed by atoms with van der Waals surface area (Å²) in [4.78, 5) is 0. The number of fused-ring (bicyclic) bond motifs is 1. The molecule has 2 rings (SSSR count). The number of aromatic nitrogens is 3. The summed E-state index contributed by atoms with van der Waals surface area (Å²) in [6, 6.07) is 0.124. The highest BCUT2D eigenvalue weighted by molar-refractivity contribution is 5.01. The number of hydrogen-bond donors (Lipinski definition) is 1. The molecule has 7 heteroatoms. The van der Waals surface area contributed by atoms with Crippen molar-refractivity contribution in [1.82, 2.24) is 14.8 Å². The molecule has 0 amide bonds. The fourth-order valence-electron chi connectivity index (χ4n) is 1.93. The third kappa shape index (κ3) is 3.19. The highest BCUT2D eigenvalue weighted by atomic mass is 19.3. The summed E-state index contributed by atoms with van der Waals surface area (Å²) < 4.78 is 30.5. The molecule has 0 radical (unpaired) electrons. The van der Waals surface area contributed by atoms with Crippen LogP contribution in [0, 0.1) is 0 Å². The van der Waals surface area contributed by atoms with E-state index in [1.807, 2.05) is 4.57 Å². The van der Waals surface area contributed by atoms with Gasteiger partial charge in [0.05, 0.1) is 6.61 Å². The van der Waals surface area contributed by atoms with E-state index in [0.717, 1.165) is 24.5 Å². The molecular formula is C10H16F2N4O. The van der Waals surface area contributed by atoms with Gasteiger partial charge in [0, 0.05) is 25.4 Å². The quantitative estimate of drug-likeness (QED) is 0.763. The Morgan fingerprint density at radius 2 is 2.29 bits per heavy atom. The van der Waals surface area contributed by atoms with Gasteiger partial charge in [0.2, 0.25) is 0 Å². The van der Waals surface area contributed by atoms with Crippen LogP contribution in [-0.2, 0) is 24.1 Å². The van der Waals surface area contributed by atoms with Crippen LogP contribution in [0.4, 0.5) is 8.78 Å². The van der Waals surface area contributed by atoms with E-state index in [-0.39, 0.29) is 12.6 Å². The Morgan fingerprint density at radius 1 is 1.47 bits per heavy atom. The van der Waals surface area contributed by atoms with Crippen molar-refractivity contribution >= 4 is 0 Å². The lowest BCUT2D eigenvalue weighted by Crippen LogP contribution is -2.33. The molecule has 0 aromatic carbocycles. The first-order chi connectivity index (χ1) is 8.16. The molecular weight excluding hydrogens is 230 g/mol. The van der Waals surface area contributed by atoms with E-state index in [1.165, 1.54) is 0 Å². The smallest absolute Gasteiger partial charge is 0.261 e. The van der Waals surface area contributed by atoms with E-state index in [2.05, 4.69) is 10.2 Å². The largest absolute Gasteiger partial charge is 0.375 e. The highest BCUT2D eigenvalue weighted by Gasteiger charge is 2.20. The molecule has 96 valence electrons. The molecule has 1 atom stereocenters. The van der Waals surface area contributed by atoms with Crippen LogP contribution in [0.5, 0.6) is 0 Å². The Balaban J connectivity index is 1.87. The molecule has 0 saturated carbocycles. The van der Waals surface area contributed by atoms with Gasteiger partial charge in [-0.05, 0) is 6.42 Å². The number of aryl methyl sites for hydroxylation is 1. The van der Waals surface area contributed by atoms with Gasteiger partial charge in [0.1, 0.15) is 18.3 Å². The maximum atomic E-state index is 11.9. The molecule has 0 saturated heterocycles. The van der Waals surface area contributed by atoms with Crippen molar-refractivity contribution < 1.29 is 13.5 Å². The number of alkyl halides is 2. The minimum atomic E-state index is -2.42. The molecule has 0 spiro atoms. The third-order valence-electron chi connectivity index (χ3n) is 2.77. The van der Waals surface area contributed by atoms with Crippen LogP contribution < -0.4 is 5.73 Å². The van der Waals surface area contributed by atoms with Crippen molar-refractivity contribution in [1.29, 1.82) is 0 Å². The Bertz CT molecular complexity index is 369. The summed E-state index contributed by atoms with van der Waals surface area (Å²) in [7, 11) is 0. The third-order valence-corrected chi connectivity index (χ3v) is 2.77. The average Bonchev–Trinajstić information content (AvgIpc) is 2.67. The van der Waals surface area contributed by atoms with Crippen molar-refractivity contribution in [2.75, 3.05) is 13.2 Å². The zero-order chi connectivity index (χ0) is 12.3. The second-order valence-electron chi connectivity index (χ2n) is 4.16. The van der Waals surface area contributed by atoms with Crippen LogP contribution in [0.25, 0.3) is 0 Å². The van der Waals surface area contributed by atoms with Crippen molar-refractivity contribution in [2.24, 2.45) is 5.73 Å². The molecule has 1 aliphatic heterocycles. The van der Waals surface area contributed by atoms with Gasteiger partial charge in [-0.3, -0.25) is 0 Å². The Kier molecular flexibility index (Phi) is 4.01. The number of halogens is 2. The lowest BCUT2D eigenvalue weighted by Gasteiger charge is -2.20. The first-order valence-electron chi connectivity index (χ1n) is 5.69. The summed E-state index contributed by atoms with van der Waals surface area (Å²) >= 11 is 0. The lowest BCUT2D eigenvalue weighted by atomic mass is 10.1. The molecule has 1 aromatic rings. The first kappa shape index (κ1) is 12.4. The maximum Gasteiger partial charge on any atom is 0.261 e. The monoisotopic (exact) mass is 246 g/mol. The zero-order valence-corrected chi connectivity index (χ0v) is 9.48. The van der Waals surface area contributed by atoms with Crippen LogP contribution in [0.3, 0.4) is 0 Å². The summed E-state index contributed by atoms with van der Waals surface area (Å²) in [5.41, 5.74) is 5.87. The fourth-order valence-corrected chi connectivity index (χ4v) is 1.93. The Labute approximate surface area is 98.0 Å². The van der Waals surface area contributed by atoms with E-state index in [9.17, 15) is 8.78 Å². The van der Waals surface area contributed by atoms with Gasteiger partial charge in [0.25, 0.3) is 6.43 Å². The summed E-state index contributed by atoms with van der Waals surface area (Å²) in [5.74, 6) is 1.69. The van der Waals surface area contributed by atoms with Gasteiger partial charge < -0.3 is 15.0 Å². The van der Waals surface area contributed by atoms with Crippen molar-refractivity contribution in [2.45, 2.75) is 38.3 Å². The fraction of sp³-hybridized carbons (Fsp3) is 0.800. The molecule has 0 fully saturated rings. The standard InChI is InChI=1S/C10H16F2N4O/c11-8(12)6-17-4-3-10-15-14-9-2-1-7(13)5-16(9)10/h7-8H,1-6,13H2. The molecule has 2 N–H and O–H groups in total. The van der Waals surface area contributed by atoms with Gasteiger partial charge >= 0.3 is 0 Å². The van der Waals surface area contributed by atoms with Crippen molar-refractivity contribution in [3.8, 4) is 0 Å². The van der Waals surface area contributed by atoms with E-state index >= 15 is 0 Å². The topological polar surface area (TPSA) is 66.0 Å². The van der Waals surface area contributed by atoms with Crippen molar-refractivity contribution in [3.05, 3.63) is 11.6 Å². The van der Waals surface area contributed by atoms with Crippen LogP contribution in [0.15, 0.2) is 0 Å². The molecule has 2 heterocycles. The molecule has 1 aromatic heterocycles. The number of ether oxygens (including phenoxy) is 1. The van der Waals surface area contributed by atoms with Gasteiger partial charge in [0.15, 0.2) is 0 Å². The predicted octanol–water partition coefficient (Wildman–Crippen LogP) is 0.376. The van der Waals surface area contributed by atoms with Gasteiger partial charge in [-0.15, -0.1) is 10.2 Å². The van der Waals surface area contributed by atoms with Crippen LogP contribution in [0.2, 0.25) is 0 Å². The van der Waals surface area contributed by atoms with Gasteiger partial charge in [-0.25, -0.2) is 8.78 Å². The normalized spacial score (nSPS) is 19.6.